The Morgan fingerprint density at radius 2 is 1.88 bits per heavy atom. The molecule has 0 aliphatic heterocycles. The quantitative estimate of drug-likeness (QED) is 0.579. The third-order valence-corrected chi connectivity index (χ3v) is 4.04. The van der Waals surface area contributed by atoms with E-state index in [4.69, 9.17) is 5.73 Å². The molecule has 0 saturated heterocycles. The number of nitrogens with two attached hydrogens (primary N) is 1. The fourth-order valence-corrected chi connectivity index (χ4v) is 2.52. The molecule has 0 bridgehead atoms. The van der Waals surface area contributed by atoms with Crippen LogP contribution < -0.4 is 11.1 Å². The SMILES string of the molecule is C[C@H](CCc1ccccc1)NC[C@H](O)c1ccc(O)c(C(N)=O)c1.Cl. The van der Waals surface area contributed by atoms with Gasteiger partial charge in [0.15, 0.2) is 0 Å². The van der Waals surface area contributed by atoms with Crippen LogP contribution in [-0.2, 0) is 6.42 Å². The lowest BCUT2D eigenvalue weighted by molar-refractivity contribution is 0.0997. The largest absolute Gasteiger partial charge is 0.507 e. The maximum absolute atomic E-state index is 11.2. The number of nitrogens with one attached hydrogen (secondary N) is 1. The average Bonchev–Trinajstić information content (AvgIpc) is 2.59. The summed E-state index contributed by atoms with van der Waals surface area (Å²) in [4.78, 5) is 11.2. The van der Waals surface area contributed by atoms with Crippen LogP contribution in [0.25, 0.3) is 0 Å². The molecule has 0 aromatic heterocycles. The Morgan fingerprint density at radius 3 is 2.52 bits per heavy atom. The van der Waals surface area contributed by atoms with Crippen molar-refractivity contribution in [2.75, 3.05) is 6.54 Å². The Balaban J connectivity index is 0.00000312. The molecule has 0 radical (unpaired) electrons. The van der Waals surface area contributed by atoms with Gasteiger partial charge in [-0.05, 0) is 43.0 Å². The minimum Gasteiger partial charge on any atom is -0.507 e. The van der Waals surface area contributed by atoms with Crippen LogP contribution in [0.5, 0.6) is 5.75 Å². The van der Waals surface area contributed by atoms with Gasteiger partial charge in [0.25, 0.3) is 5.91 Å². The van der Waals surface area contributed by atoms with E-state index in [2.05, 4.69) is 24.4 Å². The van der Waals surface area contributed by atoms with Gasteiger partial charge in [-0.25, -0.2) is 0 Å². The van der Waals surface area contributed by atoms with Crippen LogP contribution in [0.15, 0.2) is 48.5 Å². The first kappa shape index (κ1) is 21.0. The van der Waals surface area contributed by atoms with Crippen LogP contribution in [0.3, 0.4) is 0 Å². The zero-order valence-corrected chi connectivity index (χ0v) is 15.0. The number of amides is 1. The second kappa shape index (κ2) is 10.0. The van der Waals surface area contributed by atoms with Gasteiger partial charge in [-0.2, -0.15) is 0 Å². The molecule has 6 heteroatoms. The monoisotopic (exact) mass is 364 g/mol. The number of halogens is 1. The molecule has 0 unspecified atom stereocenters. The summed E-state index contributed by atoms with van der Waals surface area (Å²) >= 11 is 0. The summed E-state index contributed by atoms with van der Waals surface area (Å²) in [5.41, 5.74) is 7.06. The van der Waals surface area contributed by atoms with Crippen molar-refractivity contribution in [2.24, 2.45) is 5.73 Å². The second-order valence-electron chi connectivity index (χ2n) is 5.99. The molecule has 136 valence electrons. The van der Waals surface area contributed by atoms with E-state index in [0.29, 0.717) is 12.1 Å². The number of hydrogen-bond acceptors (Lipinski definition) is 4. The van der Waals surface area contributed by atoms with Crippen LogP contribution in [0.1, 0.15) is 40.9 Å². The summed E-state index contributed by atoms with van der Waals surface area (Å²) in [7, 11) is 0. The number of carbonyl (C=O) groups excluding carboxylic acids is 1. The number of aryl methyl sites for hydroxylation is 1. The molecule has 5 N–H and O–H groups in total. The highest BCUT2D eigenvalue weighted by molar-refractivity contribution is 5.95. The van der Waals surface area contributed by atoms with Crippen molar-refractivity contribution >= 4 is 18.3 Å². The Hall–Kier alpha value is -2.08. The summed E-state index contributed by atoms with van der Waals surface area (Å²) in [5.74, 6) is -0.895. The first-order chi connectivity index (χ1) is 11.5. The molecule has 0 fully saturated rings. The first-order valence-corrected chi connectivity index (χ1v) is 8.05. The lowest BCUT2D eigenvalue weighted by Crippen LogP contribution is -2.31. The molecule has 5 nitrogen and oxygen atoms in total. The first-order valence-electron chi connectivity index (χ1n) is 8.05. The number of benzene rings is 2. The maximum Gasteiger partial charge on any atom is 0.252 e. The number of aliphatic hydroxyl groups excluding tert-OH is 1. The highest BCUT2D eigenvalue weighted by Crippen LogP contribution is 2.22. The normalized spacial score (nSPS) is 12.9. The van der Waals surface area contributed by atoms with Crippen molar-refractivity contribution in [2.45, 2.75) is 31.9 Å². The standard InChI is InChI=1S/C19H24N2O3.ClH/c1-13(7-8-14-5-3-2-4-6-14)21-12-18(23)15-9-10-17(22)16(11-15)19(20)24;/h2-6,9-11,13,18,21-23H,7-8,12H2,1H3,(H2,20,24);1H/t13-,18+;/m1./s1. The molecule has 2 aromatic rings. The van der Waals surface area contributed by atoms with Crippen LogP contribution in [-0.4, -0.2) is 28.7 Å². The Bertz CT molecular complexity index is 680. The number of aliphatic hydroxyl groups is 1. The molecule has 25 heavy (non-hydrogen) atoms. The Labute approximate surface area is 154 Å². The van der Waals surface area contributed by atoms with E-state index in [-0.39, 0.29) is 29.8 Å². The molecule has 1 amide bonds. The molecule has 0 aliphatic rings. The molecular formula is C19H25ClN2O3. The summed E-state index contributed by atoms with van der Waals surface area (Å²) in [6.45, 7) is 2.43. The Morgan fingerprint density at radius 1 is 1.20 bits per heavy atom. The van der Waals surface area contributed by atoms with Crippen molar-refractivity contribution in [1.29, 1.82) is 0 Å². The van der Waals surface area contributed by atoms with Gasteiger partial charge in [-0.1, -0.05) is 36.4 Å². The van der Waals surface area contributed by atoms with Crippen molar-refractivity contribution in [3.63, 3.8) is 0 Å². The molecule has 0 heterocycles. The van der Waals surface area contributed by atoms with E-state index in [9.17, 15) is 15.0 Å². The van der Waals surface area contributed by atoms with Crippen molar-refractivity contribution in [1.82, 2.24) is 5.32 Å². The molecule has 0 spiro atoms. The van der Waals surface area contributed by atoms with Crippen LogP contribution in [0.4, 0.5) is 0 Å². The van der Waals surface area contributed by atoms with Gasteiger partial charge in [0.05, 0.1) is 11.7 Å². The molecule has 2 aromatic carbocycles. The highest BCUT2D eigenvalue weighted by atomic mass is 35.5. The van der Waals surface area contributed by atoms with Gasteiger partial charge in [-0.3, -0.25) is 4.79 Å². The van der Waals surface area contributed by atoms with Gasteiger partial charge in [0.1, 0.15) is 5.75 Å². The number of aromatic hydroxyl groups is 1. The fraction of sp³-hybridized carbons (Fsp3) is 0.316. The number of carbonyl (C=O) groups is 1. The van der Waals surface area contributed by atoms with E-state index >= 15 is 0 Å². The lowest BCUT2D eigenvalue weighted by Gasteiger charge is -2.18. The fourth-order valence-electron chi connectivity index (χ4n) is 2.52. The van der Waals surface area contributed by atoms with Crippen molar-refractivity contribution < 1.29 is 15.0 Å². The maximum atomic E-state index is 11.2. The van der Waals surface area contributed by atoms with Gasteiger partial charge in [0.2, 0.25) is 0 Å². The second-order valence-corrected chi connectivity index (χ2v) is 5.99. The predicted octanol–water partition coefficient (Wildman–Crippen LogP) is 2.56. The van der Waals surface area contributed by atoms with Crippen molar-refractivity contribution in [3.8, 4) is 5.75 Å². The predicted molar refractivity (Wildman–Crippen MR) is 101 cm³/mol. The summed E-state index contributed by atoms with van der Waals surface area (Å²) in [5, 5.41) is 23.1. The molecule has 0 aliphatic carbocycles. The van der Waals surface area contributed by atoms with E-state index in [1.807, 2.05) is 18.2 Å². The third kappa shape index (κ3) is 6.38. The summed E-state index contributed by atoms with van der Waals surface area (Å²) < 4.78 is 0. The highest BCUT2D eigenvalue weighted by Gasteiger charge is 2.14. The Kier molecular flexibility index (Phi) is 8.41. The molecule has 0 saturated carbocycles. The van der Waals surface area contributed by atoms with E-state index < -0.39 is 12.0 Å². The van der Waals surface area contributed by atoms with Crippen LogP contribution >= 0.6 is 12.4 Å². The molecule has 2 rings (SSSR count). The third-order valence-electron chi connectivity index (χ3n) is 4.04. The van der Waals surface area contributed by atoms with Gasteiger partial charge in [-0.15, -0.1) is 12.4 Å². The van der Waals surface area contributed by atoms with Crippen molar-refractivity contribution in [3.05, 3.63) is 65.2 Å². The van der Waals surface area contributed by atoms with E-state index in [0.717, 1.165) is 12.8 Å². The number of hydrogen-bond donors (Lipinski definition) is 4. The molecular weight excluding hydrogens is 340 g/mol. The van der Waals surface area contributed by atoms with Gasteiger partial charge in [0, 0.05) is 12.6 Å². The molecule has 2 atom stereocenters. The number of phenols is 1. The van der Waals surface area contributed by atoms with Crippen LogP contribution in [0, 0.1) is 0 Å². The minimum atomic E-state index is -0.775. The smallest absolute Gasteiger partial charge is 0.252 e. The zero-order valence-electron chi connectivity index (χ0n) is 14.2. The van der Waals surface area contributed by atoms with Gasteiger partial charge < -0.3 is 21.3 Å². The number of rotatable bonds is 8. The average molecular weight is 365 g/mol. The topological polar surface area (TPSA) is 95.6 Å². The summed E-state index contributed by atoms with van der Waals surface area (Å²) in [6, 6.07) is 14.9. The van der Waals surface area contributed by atoms with E-state index in [1.165, 1.54) is 17.7 Å². The van der Waals surface area contributed by atoms with E-state index in [1.54, 1.807) is 6.07 Å². The zero-order chi connectivity index (χ0) is 17.5. The van der Waals surface area contributed by atoms with Gasteiger partial charge >= 0.3 is 0 Å². The minimum absolute atomic E-state index is 0. The van der Waals surface area contributed by atoms with Crippen LogP contribution in [0.2, 0.25) is 0 Å². The summed E-state index contributed by atoms with van der Waals surface area (Å²) in [6.07, 6.45) is 1.15. The number of primary amides is 1. The lowest BCUT2D eigenvalue weighted by atomic mass is 10.0.